The summed E-state index contributed by atoms with van der Waals surface area (Å²) in [6.07, 6.45) is 1.48. The molecule has 0 radical (unpaired) electrons. The van der Waals surface area contributed by atoms with Crippen LogP contribution in [0.4, 0.5) is 5.69 Å². The zero-order valence-corrected chi connectivity index (χ0v) is 18.8. The highest BCUT2D eigenvalue weighted by Crippen LogP contribution is 2.12. The first-order chi connectivity index (χ1) is 13.6. The molecule has 0 aliphatic heterocycles. The molecular formula is C22H25IN4O2. The molecule has 0 fully saturated rings. The number of anilines is 1. The number of nitrogens with one attached hydrogen (secondary N) is 3. The van der Waals surface area contributed by atoms with E-state index in [0.29, 0.717) is 18.8 Å². The fourth-order valence-electron chi connectivity index (χ4n) is 2.60. The Morgan fingerprint density at radius 1 is 0.931 bits per heavy atom. The van der Waals surface area contributed by atoms with Gasteiger partial charge in [0.25, 0.3) is 5.91 Å². The van der Waals surface area contributed by atoms with E-state index in [1.165, 1.54) is 17.4 Å². The van der Waals surface area contributed by atoms with Gasteiger partial charge in [0, 0.05) is 25.8 Å². The second kappa shape index (κ2) is 11.3. The quantitative estimate of drug-likeness (QED) is 0.266. The lowest BCUT2D eigenvalue weighted by Gasteiger charge is -2.12. The fourth-order valence-corrected chi connectivity index (χ4v) is 2.60. The van der Waals surface area contributed by atoms with E-state index in [2.05, 4.69) is 52.1 Å². The minimum absolute atomic E-state index is 0. The van der Waals surface area contributed by atoms with Gasteiger partial charge in [-0.1, -0.05) is 42.0 Å². The van der Waals surface area contributed by atoms with Crippen LogP contribution in [0.3, 0.4) is 0 Å². The number of benzene rings is 2. The van der Waals surface area contributed by atoms with Crippen LogP contribution in [0.15, 0.2) is 76.3 Å². The smallest absolute Gasteiger partial charge is 0.291 e. The molecule has 0 spiro atoms. The van der Waals surface area contributed by atoms with Crippen molar-refractivity contribution in [2.24, 2.45) is 4.99 Å². The highest BCUT2D eigenvalue weighted by molar-refractivity contribution is 14.0. The molecule has 152 valence electrons. The summed E-state index contributed by atoms with van der Waals surface area (Å²) in [6, 6.07) is 19.3. The van der Waals surface area contributed by atoms with Gasteiger partial charge in [0.15, 0.2) is 11.7 Å². The minimum atomic E-state index is -0.267. The van der Waals surface area contributed by atoms with Crippen molar-refractivity contribution in [3.63, 3.8) is 0 Å². The number of furan rings is 1. The normalized spacial score (nSPS) is 10.8. The third-order valence-electron chi connectivity index (χ3n) is 4.22. The molecule has 3 aromatic rings. The monoisotopic (exact) mass is 504 g/mol. The summed E-state index contributed by atoms with van der Waals surface area (Å²) in [5.41, 5.74) is 4.24. The van der Waals surface area contributed by atoms with E-state index in [0.717, 1.165) is 11.5 Å². The Balaban J connectivity index is 0.00000300. The number of amides is 1. The largest absolute Gasteiger partial charge is 0.459 e. The van der Waals surface area contributed by atoms with Crippen LogP contribution in [-0.4, -0.2) is 18.9 Å². The molecule has 3 N–H and O–H groups in total. The summed E-state index contributed by atoms with van der Waals surface area (Å²) in [7, 11) is 1.75. The van der Waals surface area contributed by atoms with Crippen molar-refractivity contribution in [3.8, 4) is 0 Å². The van der Waals surface area contributed by atoms with Gasteiger partial charge in [0.05, 0.1) is 6.26 Å². The molecule has 0 saturated carbocycles. The molecular weight excluding hydrogens is 479 g/mol. The Hall–Kier alpha value is -2.81. The molecule has 3 rings (SSSR count). The van der Waals surface area contributed by atoms with Gasteiger partial charge >= 0.3 is 0 Å². The van der Waals surface area contributed by atoms with Gasteiger partial charge in [0.1, 0.15) is 0 Å². The Bertz CT molecular complexity index is 920. The number of aliphatic imine (C=N–C) groups is 1. The summed E-state index contributed by atoms with van der Waals surface area (Å²) in [5, 5.41) is 9.39. The zero-order chi connectivity index (χ0) is 19.8. The number of carbonyl (C=O) groups excluding carboxylic acids is 1. The Morgan fingerprint density at radius 3 is 2.03 bits per heavy atom. The lowest BCUT2D eigenvalue weighted by atomic mass is 10.1. The molecule has 1 heterocycles. The number of hydrogen-bond acceptors (Lipinski definition) is 3. The summed E-state index contributed by atoms with van der Waals surface area (Å²) in [4.78, 5) is 16.2. The second-order valence-electron chi connectivity index (χ2n) is 6.39. The van der Waals surface area contributed by atoms with E-state index < -0.39 is 0 Å². The third kappa shape index (κ3) is 6.94. The summed E-state index contributed by atoms with van der Waals surface area (Å²) in [6.45, 7) is 3.41. The van der Waals surface area contributed by atoms with Gasteiger partial charge in [-0.2, -0.15) is 0 Å². The predicted molar refractivity (Wildman–Crippen MR) is 127 cm³/mol. The average molecular weight is 504 g/mol. The number of hydrogen-bond donors (Lipinski definition) is 3. The van der Waals surface area contributed by atoms with Crippen LogP contribution in [-0.2, 0) is 13.1 Å². The van der Waals surface area contributed by atoms with E-state index in [1.54, 1.807) is 19.2 Å². The molecule has 2 aromatic carbocycles. The van der Waals surface area contributed by atoms with E-state index in [9.17, 15) is 4.79 Å². The topological polar surface area (TPSA) is 78.7 Å². The number of nitrogens with zero attached hydrogens (tertiary/aromatic N) is 1. The van der Waals surface area contributed by atoms with Gasteiger partial charge in [-0.25, -0.2) is 0 Å². The predicted octanol–water partition coefficient (Wildman–Crippen LogP) is 4.32. The van der Waals surface area contributed by atoms with Crippen molar-refractivity contribution in [1.82, 2.24) is 10.6 Å². The zero-order valence-electron chi connectivity index (χ0n) is 16.4. The van der Waals surface area contributed by atoms with Crippen molar-refractivity contribution >= 4 is 41.5 Å². The van der Waals surface area contributed by atoms with Crippen LogP contribution in [0, 0.1) is 6.92 Å². The van der Waals surface area contributed by atoms with Crippen LogP contribution in [0.1, 0.15) is 27.2 Å². The highest BCUT2D eigenvalue weighted by atomic mass is 127. The van der Waals surface area contributed by atoms with E-state index in [1.807, 2.05) is 24.3 Å². The summed E-state index contributed by atoms with van der Waals surface area (Å²) in [5.74, 6) is 0.751. The Kier molecular flexibility index (Phi) is 8.72. The lowest BCUT2D eigenvalue weighted by Crippen LogP contribution is -2.36. The Morgan fingerprint density at radius 2 is 1.52 bits per heavy atom. The number of halogens is 1. The molecule has 0 bridgehead atoms. The SMILES string of the molecule is CN=C(NCc1ccc(C)cc1)NCc1ccc(NC(=O)c2ccco2)cc1.I. The van der Waals surface area contributed by atoms with Crippen molar-refractivity contribution < 1.29 is 9.21 Å². The molecule has 0 aliphatic rings. The number of guanidine groups is 1. The average Bonchev–Trinajstić information content (AvgIpc) is 3.26. The molecule has 29 heavy (non-hydrogen) atoms. The van der Waals surface area contributed by atoms with E-state index in [4.69, 9.17) is 4.42 Å². The molecule has 0 aliphatic carbocycles. The summed E-state index contributed by atoms with van der Waals surface area (Å²) >= 11 is 0. The number of aryl methyl sites for hydroxylation is 1. The van der Waals surface area contributed by atoms with E-state index in [-0.39, 0.29) is 35.6 Å². The molecule has 1 amide bonds. The molecule has 1 aromatic heterocycles. The Labute approximate surface area is 187 Å². The first-order valence-electron chi connectivity index (χ1n) is 9.08. The standard InChI is InChI=1S/C22H24N4O2.HI/c1-16-5-7-17(8-6-16)14-24-22(23-2)25-15-18-9-11-19(12-10-18)26-21(27)20-4-3-13-28-20;/h3-13H,14-15H2,1-2H3,(H,26,27)(H2,23,24,25);1H. The van der Waals surface area contributed by atoms with Crippen molar-refractivity contribution in [1.29, 1.82) is 0 Å². The maximum atomic E-state index is 12.0. The minimum Gasteiger partial charge on any atom is -0.459 e. The molecule has 6 nitrogen and oxygen atoms in total. The fraction of sp³-hybridized carbons (Fsp3) is 0.182. The van der Waals surface area contributed by atoms with Crippen LogP contribution >= 0.6 is 24.0 Å². The number of carbonyl (C=O) groups is 1. The molecule has 7 heteroatoms. The molecule has 0 atom stereocenters. The van der Waals surface area contributed by atoms with Gasteiger partial charge in [-0.3, -0.25) is 9.79 Å². The highest BCUT2D eigenvalue weighted by Gasteiger charge is 2.08. The van der Waals surface area contributed by atoms with Gasteiger partial charge in [0.2, 0.25) is 0 Å². The van der Waals surface area contributed by atoms with Crippen molar-refractivity contribution in [2.75, 3.05) is 12.4 Å². The lowest BCUT2D eigenvalue weighted by molar-refractivity contribution is 0.0996. The van der Waals surface area contributed by atoms with Crippen LogP contribution in [0.2, 0.25) is 0 Å². The molecule has 0 unspecified atom stereocenters. The second-order valence-corrected chi connectivity index (χ2v) is 6.39. The van der Waals surface area contributed by atoms with Crippen LogP contribution in [0.25, 0.3) is 0 Å². The maximum absolute atomic E-state index is 12.0. The maximum Gasteiger partial charge on any atom is 0.291 e. The summed E-state index contributed by atoms with van der Waals surface area (Å²) < 4.78 is 5.09. The first kappa shape index (κ1) is 22.5. The number of rotatable bonds is 6. The van der Waals surface area contributed by atoms with Crippen molar-refractivity contribution in [3.05, 3.63) is 89.4 Å². The van der Waals surface area contributed by atoms with Crippen molar-refractivity contribution in [2.45, 2.75) is 20.0 Å². The van der Waals surface area contributed by atoms with Crippen LogP contribution < -0.4 is 16.0 Å². The van der Waals surface area contributed by atoms with Crippen LogP contribution in [0.5, 0.6) is 0 Å². The molecule has 0 saturated heterocycles. The first-order valence-corrected chi connectivity index (χ1v) is 9.08. The van der Waals surface area contributed by atoms with E-state index >= 15 is 0 Å². The third-order valence-corrected chi connectivity index (χ3v) is 4.22. The van der Waals surface area contributed by atoms with Gasteiger partial charge < -0.3 is 20.4 Å². The van der Waals surface area contributed by atoms with Gasteiger partial charge in [-0.15, -0.1) is 24.0 Å². The van der Waals surface area contributed by atoms with Gasteiger partial charge in [-0.05, 0) is 42.3 Å².